The minimum atomic E-state index is 0.555. The predicted octanol–water partition coefficient (Wildman–Crippen LogP) is 4.54. The van der Waals surface area contributed by atoms with E-state index in [0.717, 1.165) is 15.1 Å². The number of halogens is 1. The summed E-state index contributed by atoms with van der Waals surface area (Å²) in [5, 5.41) is 2.38. The number of benzene rings is 2. The van der Waals surface area contributed by atoms with Crippen molar-refractivity contribution in [2.75, 3.05) is 0 Å². The van der Waals surface area contributed by atoms with Crippen LogP contribution in [0.3, 0.4) is 0 Å². The summed E-state index contributed by atoms with van der Waals surface area (Å²) in [6.07, 6.45) is 0. The van der Waals surface area contributed by atoms with Gasteiger partial charge in [0.1, 0.15) is 0 Å². The highest BCUT2D eigenvalue weighted by Crippen LogP contribution is 2.32. The molecule has 1 heterocycles. The first kappa shape index (κ1) is 12.8. The Labute approximate surface area is 124 Å². The molecule has 0 aliphatic heterocycles. The van der Waals surface area contributed by atoms with E-state index < -0.39 is 0 Å². The molecular formula is C15H13BrN2S. The summed E-state index contributed by atoms with van der Waals surface area (Å²) in [5.41, 5.74) is 8.00. The Balaban J connectivity index is 1.94. The van der Waals surface area contributed by atoms with Crippen LogP contribution >= 0.6 is 27.7 Å². The Morgan fingerprint density at radius 2 is 1.95 bits per heavy atom. The summed E-state index contributed by atoms with van der Waals surface area (Å²) in [7, 11) is 0. The van der Waals surface area contributed by atoms with Crippen LogP contribution in [-0.2, 0) is 6.54 Å². The highest BCUT2D eigenvalue weighted by molar-refractivity contribution is 9.10. The van der Waals surface area contributed by atoms with Crippen LogP contribution in [0.1, 0.15) is 5.56 Å². The smallest absolute Gasteiger partial charge is 0.0780 e. The summed E-state index contributed by atoms with van der Waals surface area (Å²) in [6, 6.07) is 16.7. The number of nitrogens with one attached hydrogen (secondary N) is 1. The summed E-state index contributed by atoms with van der Waals surface area (Å²) >= 11 is 5.24. The van der Waals surface area contributed by atoms with Gasteiger partial charge in [-0.05, 0) is 35.9 Å². The summed E-state index contributed by atoms with van der Waals surface area (Å²) in [6.45, 7) is 0.555. The molecule has 0 saturated heterocycles. The number of aromatic nitrogens is 1. The van der Waals surface area contributed by atoms with Crippen molar-refractivity contribution in [3.8, 4) is 0 Å². The maximum atomic E-state index is 5.70. The number of aromatic amines is 1. The molecule has 0 aliphatic rings. The molecule has 3 rings (SSSR count). The fraction of sp³-hybridized carbons (Fsp3) is 0.0667. The number of fused-ring (bicyclic) bond motifs is 1. The van der Waals surface area contributed by atoms with Crippen molar-refractivity contribution in [1.29, 1.82) is 0 Å². The lowest BCUT2D eigenvalue weighted by Gasteiger charge is -2.03. The van der Waals surface area contributed by atoms with E-state index in [-0.39, 0.29) is 0 Å². The number of hydrogen-bond donors (Lipinski definition) is 2. The first-order valence-electron chi connectivity index (χ1n) is 6.00. The summed E-state index contributed by atoms with van der Waals surface area (Å²) in [4.78, 5) is 4.60. The van der Waals surface area contributed by atoms with Crippen molar-refractivity contribution in [3.05, 3.63) is 58.6 Å². The Hall–Kier alpha value is -1.23. The van der Waals surface area contributed by atoms with E-state index in [1.165, 1.54) is 15.8 Å². The van der Waals surface area contributed by atoms with Gasteiger partial charge in [-0.1, -0.05) is 45.9 Å². The van der Waals surface area contributed by atoms with Gasteiger partial charge in [-0.25, -0.2) is 0 Å². The number of nitrogens with two attached hydrogens (primary N) is 1. The van der Waals surface area contributed by atoms with Crippen molar-refractivity contribution in [2.45, 2.75) is 16.5 Å². The number of para-hydroxylation sites is 1. The fourth-order valence-corrected chi connectivity index (χ4v) is 3.72. The van der Waals surface area contributed by atoms with Gasteiger partial charge in [-0.15, -0.1) is 0 Å². The van der Waals surface area contributed by atoms with E-state index in [4.69, 9.17) is 5.73 Å². The second-order valence-electron chi connectivity index (χ2n) is 4.32. The van der Waals surface area contributed by atoms with Crippen molar-refractivity contribution in [1.82, 2.24) is 4.98 Å². The quantitative estimate of drug-likeness (QED) is 0.739. The van der Waals surface area contributed by atoms with E-state index >= 15 is 0 Å². The van der Waals surface area contributed by atoms with Gasteiger partial charge in [0.25, 0.3) is 0 Å². The molecule has 0 unspecified atom stereocenters. The first-order valence-corrected chi connectivity index (χ1v) is 7.61. The molecule has 4 heteroatoms. The molecular weight excluding hydrogens is 320 g/mol. The summed E-state index contributed by atoms with van der Waals surface area (Å²) in [5.74, 6) is 0. The molecule has 0 bridgehead atoms. The monoisotopic (exact) mass is 332 g/mol. The minimum Gasteiger partial charge on any atom is -0.349 e. The van der Waals surface area contributed by atoms with Crippen LogP contribution in [-0.4, -0.2) is 4.98 Å². The maximum Gasteiger partial charge on any atom is 0.0780 e. The average molecular weight is 333 g/mol. The largest absolute Gasteiger partial charge is 0.349 e. The molecule has 19 heavy (non-hydrogen) atoms. The third kappa shape index (κ3) is 2.86. The zero-order valence-corrected chi connectivity index (χ0v) is 12.6. The average Bonchev–Trinajstić information content (AvgIpc) is 2.80. The molecule has 0 amide bonds. The van der Waals surface area contributed by atoms with Gasteiger partial charge in [-0.2, -0.15) is 0 Å². The minimum absolute atomic E-state index is 0.555. The Bertz CT molecular complexity index is 688. The van der Waals surface area contributed by atoms with Gasteiger partial charge in [0.05, 0.1) is 5.03 Å². The molecule has 0 spiro atoms. The molecule has 0 saturated carbocycles. The molecule has 0 fully saturated rings. The lowest BCUT2D eigenvalue weighted by molar-refractivity contribution is 1.06. The molecule has 0 radical (unpaired) electrons. The molecule has 2 nitrogen and oxygen atoms in total. The summed E-state index contributed by atoms with van der Waals surface area (Å²) < 4.78 is 1.06. The van der Waals surface area contributed by atoms with Gasteiger partial charge in [-0.3, -0.25) is 0 Å². The van der Waals surface area contributed by atoms with E-state index in [0.29, 0.717) is 6.54 Å². The number of rotatable bonds is 3. The molecule has 0 atom stereocenters. The van der Waals surface area contributed by atoms with Gasteiger partial charge in [0.2, 0.25) is 0 Å². The van der Waals surface area contributed by atoms with E-state index in [1.54, 1.807) is 11.8 Å². The van der Waals surface area contributed by atoms with Crippen LogP contribution in [0.25, 0.3) is 10.9 Å². The number of hydrogen-bond acceptors (Lipinski definition) is 2. The lowest BCUT2D eigenvalue weighted by atomic mass is 10.2. The molecule has 1 aromatic heterocycles. The molecule has 0 aliphatic carbocycles. The second kappa shape index (κ2) is 5.41. The Morgan fingerprint density at radius 3 is 2.74 bits per heavy atom. The van der Waals surface area contributed by atoms with Crippen molar-refractivity contribution in [2.24, 2.45) is 5.73 Å². The standard InChI is InChI=1S/C15H13BrN2S/c16-12-5-10(9-17)6-13(8-12)19-15-7-11-3-1-2-4-14(11)18-15/h1-8,18H,9,17H2. The van der Waals surface area contributed by atoms with Crippen LogP contribution in [0, 0.1) is 0 Å². The molecule has 3 N–H and O–H groups in total. The van der Waals surface area contributed by atoms with Gasteiger partial charge in [0.15, 0.2) is 0 Å². The SMILES string of the molecule is NCc1cc(Br)cc(Sc2cc3ccccc3[nH]2)c1. The van der Waals surface area contributed by atoms with Gasteiger partial charge in [0, 0.05) is 26.8 Å². The van der Waals surface area contributed by atoms with E-state index in [2.05, 4.69) is 63.4 Å². The first-order chi connectivity index (χ1) is 9.24. The van der Waals surface area contributed by atoms with Crippen LogP contribution in [0.5, 0.6) is 0 Å². The predicted molar refractivity (Wildman–Crippen MR) is 84.5 cm³/mol. The van der Waals surface area contributed by atoms with Crippen molar-refractivity contribution in [3.63, 3.8) is 0 Å². The zero-order chi connectivity index (χ0) is 13.2. The topological polar surface area (TPSA) is 41.8 Å². The normalized spacial score (nSPS) is 11.1. The third-order valence-electron chi connectivity index (χ3n) is 2.90. The highest BCUT2D eigenvalue weighted by Gasteiger charge is 2.04. The Kier molecular flexibility index (Phi) is 3.64. The van der Waals surface area contributed by atoms with Crippen LogP contribution in [0.15, 0.2) is 62.9 Å². The van der Waals surface area contributed by atoms with E-state index in [9.17, 15) is 0 Å². The van der Waals surface area contributed by atoms with Gasteiger partial charge >= 0.3 is 0 Å². The van der Waals surface area contributed by atoms with Gasteiger partial charge < -0.3 is 10.7 Å². The van der Waals surface area contributed by atoms with Crippen LogP contribution in [0.4, 0.5) is 0 Å². The highest BCUT2D eigenvalue weighted by atomic mass is 79.9. The Morgan fingerprint density at radius 1 is 1.11 bits per heavy atom. The number of H-pyrrole nitrogens is 1. The lowest BCUT2D eigenvalue weighted by Crippen LogP contribution is -1.96. The van der Waals surface area contributed by atoms with Crippen LogP contribution < -0.4 is 5.73 Å². The molecule has 3 aromatic rings. The molecule has 96 valence electrons. The zero-order valence-electron chi connectivity index (χ0n) is 10.2. The van der Waals surface area contributed by atoms with Crippen molar-refractivity contribution >= 4 is 38.6 Å². The fourth-order valence-electron chi connectivity index (χ4n) is 2.03. The second-order valence-corrected chi connectivity index (χ2v) is 6.35. The third-order valence-corrected chi connectivity index (χ3v) is 4.27. The maximum absolute atomic E-state index is 5.70. The van der Waals surface area contributed by atoms with E-state index in [1.807, 2.05) is 6.07 Å². The van der Waals surface area contributed by atoms with Crippen LogP contribution in [0.2, 0.25) is 0 Å². The molecule has 2 aromatic carbocycles. The van der Waals surface area contributed by atoms with Crippen molar-refractivity contribution < 1.29 is 0 Å².